The molecule has 0 radical (unpaired) electrons. The third kappa shape index (κ3) is 6.94. The molecule has 98 heavy (non-hydrogen) atoms. The number of aromatic nitrogens is 1. The van der Waals surface area contributed by atoms with Crippen LogP contribution in [-0.4, -0.2) is 4.40 Å². The maximum absolute atomic E-state index is 7.10. The Labute approximate surface area is 565 Å². The molecule has 0 N–H and O–H groups in total. The average Bonchev–Trinajstić information content (AvgIpc) is 1.53. The molecule has 19 aromatic rings. The van der Waals surface area contributed by atoms with Gasteiger partial charge in [0.15, 0.2) is 11.2 Å². The third-order valence-electron chi connectivity index (χ3n) is 23.4. The smallest absolute Gasteiger partial charge is 0.159 e. The van der Waals surface area contributed by atoms with Crippen molar-refractivity contribution >= 4 is 148 Å². The van der Waals surface area contributed by atoms with Crippen molar-refractivity contribution in [1.29, 1.82) is 0 Å². The van der Waals surface area contributed by atoms with Gasteiger partial charge < -0.3 is 23.0 Å². The standard InChI is InChI=1S/C93H63N3O2/c1-91(2)73-28-13-11-22-61(73)71-47-55(37-41-75(71)91)94(80-30-16-26-67-86-59-20-9-7-18-52(59)33-44-83(86)97-89(67)80)57-35-39-63-70-46-54-32-43-79-85(69(54)51-78(70)93(5,6)77(63)49-57)66-25-15-24-65-64-40-36-58(50-82(64)96(79)88(65)66)95(56-38-42-76-72(48-56)62-23-12-14-29-74(62)92(76,3)4)81-31-17-27-68-87-60-21-10-8-19-53(60)34-45-84(87)98-90(68)81/h7-51H,1-6H3. The van der Waals surface area contributed by atoms with Gasteiger partial charge in [-0.1, -0.05) is 224 Å². The minimum Gasteiger partial charge on any atom is -0.454 e. The molecular weight excluding hydrogens is 1190 g/mol. The molecule has 0 saturated heterocycles. The van der Waals surface area contributed by atoms with E-state index in [0.29, 0.717) is 0 Å². The number of para-hydroxylation sites is 3. The topological polar surface area (TPSA) is 37.2 Å². The number of furan rings is 2. The number of rotatable bonds is 6. The predicted octanol–water partition coefficient (Wildman–Crippen LogP) is 26.0. The molecule has 462 valence electrons. The quantitative estimate of drug-likeness (QED) is 0.166. The summed E-state index contributed by atoms with van der Waals surface area (Å²) in [5.74, 6) is 0. The molecule has 0 unspecified atom stereocenters. The highest BCUT2D eigenvalue weighted by Crippen LogP contribution is 2.58. The first-order chi connectivity index (χ1) is 47.9. The molecule has 5 heteroatoms. The number of nitrogens with zero attached hydrogens (tertiary/aromatic N) is 3. The SMILES string of the molecule is CC1(C)c2ccccc2-c2cc(N(c3ccc4c(c3)C(C)(C)c3cc5c(ccc6c5c5cccc7c8ccc(N(c9ccc%10c(c9)-c9ccccc9C%10(C)C)c9cccc%10c9oc9ccc%11ccccc%11c9%10)cc8n6c75)cc3-4)c3cccc4c3oc3ccc5ccccc5c34)ccc21. The Morgan fingerprint density at radius 3 is 1.34 bits per heavy atom. The van der Waals surface area contributed by atoms with Crippen molar-refractivity contribution in [3.8, 4) is 33.4 Å². The fourth-order valence-electron chi connectivity index (χ4n) is 18.8. The van der Waals surface area contributed by atoms with Crippen molar-refractivity contribution in [2.75, 3.05) is 9.80 Å². The van der Waals surface area contributed by atoms with E-state index in [0.717, 1.165) is 83.5 Å². The van der Waals surface area contributed by atoms with E-state index in [4.69, 9.17) is 8.83 Å². The van der Waals surface area contributed by atoms with E-state index in [1.54, 1.807) is 0 Å². The van der Waals surface area contributed by atoms with Crippen molar-refractivity contribution in [2.45, 2.75) is 57.8 Å². The van der Waals surface area contributed by atoms with Gasteiger partial charge in [-0.15, -0.1) is 0 Å². The number of hydrogen-bond acceptors (Lipinski definition) is 4. The minimum atomic E-state index is -0.357. The second-order valence-electron chi connectivity index (χ2n) is 29.5. The summed E-state index contributed by atoms with van der Waals surface area (Å²) in [4.78, 5) is 4.91. The minimum absolute atomic E-state index is 0.127. The Morgan fingerprint density at radius 2 is 0.714 bits per heavy atom. The fourth-order valence-corrected chi connectivity index (χ4v) is 18.8. The Hall–Kier alpha value is -11.9. The molecule has 0 bridgehead atoms. The Kier molecular flexibility index (Phi) is 10.4. The second kappa shape index (κ2) is 18.8. The molecule has 0 atom stereocenters. The van der Waals surface area contributed by atoms with Gasteiger partial charge >= 0.3 is 0 Å². The maximum atomic E-state index is 7.10. The van der Waals surface area contributed by atoms with E-state index < -0.39 is 0 Å². The van der Waals surface area contributed by atoms with Crippen LogP contribution in [0.1, 0.15) is 74.9 Å². The van der Waals surface area contributed by atoms with Crippen LogP contribution in [0.2, 0.25) is 0 Å². The molecule has 5 nitrogen and oxygen atoms in total. The molecule has 0 aliphatic heterocycles. The van der Waals surface area contributed by atoms with Gasteiger partial charge in [-0.2, -0.15) is 0 Å². The molecule has 0 spiro atoms. The lowest BCUT2D eigenvalue weighted by Gasteiger charge is -2.29. The van der Waals surface area contributed by atoms with Crippen LogP contribution in [0.15, 0.2) is 282 Å². The summed E-state index contributed by atoms with van der Waals surface area (Å²) in [6.45, 7) is 14.3. The van der Waals surface area contributed by atoms with Gasteiger partial charge in [-0.05, 0) is 190 Å². The van der Waals surface area contributed by atoms with Gasteiger partial charge in [0.05, 0.1) is 27.9 Å². The van der Waals surface area contributed by atoms with Crippen molar-refractivity contribution in [3.05, 3.63) is 306 Å². The summed E-state index contributed by atoms with van der Waals surface area (Å²) in [5, 5.41) is 16.8. The Bertz CT molecular complexity index is 6800. The van der Waals surface area contributed by atoms with Crippen LogP contribution in [-0.2, 0) is 16.2 Å². The summed E-state index contributed by atoms with van der Waals surface area (Å²) in [6.07, 6.45) is 0. The summed E-state index contributed by atoms with van der Waals surface area (Å²) in [6, 6.07) is 102. The molecule has 22 rings (SSSR count). The molecule has 3 aliphatic carbocycles. The van der Waals surface area contributed by atoms with Gasteiger partial charge in [-0.3, -0.25) is 0 Å². The van der Waals surface area contributed by atoms with Crippen LogP contribution in [0.3, 0.4) is 0 Å². The van der Waals surface area contributed by atoms with Gasteiger partial charge in [0, 0.05) is 82.1 Å². The zero-order chi connectivity index (χ0) is 65.0. The summed E-state index contributed by atoms with van der Waals surface area (Å²) in [5.41, 5.74) is 28.5. The Morgan fingerprint density at radius 1 is 0.265 bits per heavy atom. The highest BCUT2D eigenvalue weighted by molar-refractivity contribution is 6.30. The van der Waals surface area contributed by atoms with Crippen LogP contribution in [0.5, 0.6) is 0 Å². The van der Waals surface area contributed by atoms with Gasteiger partial charge in [0.25, 0.3) is 0 Å². The zero-order valence-electron chi connectivity index (χ0n) is 55.1. The summed E-state index contributed by atoms with van der Waals surface area (Å²) in [7, 11) is 0. The lowest BCUT2D eigenvalue weighted by Crippen LogP contribution is -2.17. The molecule has 0 saturated carbocycles. The molecule has 0 amide bonds. The fraction of sp³-hybridized carbons (Fsp3) is 0.0968. The van der Waals surface area contributed by atoms with Gasteiger partial charge in [0.2, 0.25) is 0 Å². The number of benzene rings is 15. The van der Waals surface area contributed by atoms with Gasteiger partial charge in [-0.25, -0.2) is 0 Å². The molecular formula is C93H63N3O2. The predicted molar refractivity (Wildman–Crippen MR) is 410 cm³/mol. The lowest BCUT2D eigenvalue weighted by atomic mass is 9.81. The highest BCUT2D eigenvalue weighted by atomic mass is 16.3. The lowest BCUT2D eigenvalue weighted by molar-refractivity contribution is 0.660. The first-order valence-electron chi connectivity index (χ1n) is 34.5. The van der Waals surface area contributed by atoms with Gasteiger partial charge in [0.1, 0.15) is 11.2 Å². The normalized spacial score (nSPS) is 14.7. The molecule has 15 aromatic carbocycles. The number of fused-ring (bicyclic) bond motifs is 27. The van der Waals surface area contributed by atoms with E-state index in [-0.39, 0.29) is 16.2 Å². The average molecular weight is 1250 g/mol. The van der Waals surface area contributed by atoms with Crippen molar-refractivity contribution in [2.24, 2.45) is 0 Å². The third-order valence-corrected chi connectivity index (χ3v) is 23.4. The molecule has 3 aliphatic rings. The van der Waals surface area contributed by atoms with Crippen LogP contribution in [0.25, 0.3) is 148 Å². The van der Waals surface area contributed by atoms with E-state index in [1.807, 2.05) is 0 Å². The van der Waals surface area contributed by atoms with E-state index in [1.165, 1.54) is 132 Å². The highest BCUT2D eigenvalue weighted by Gasteiger charge is 2.40. The zero-order valence-corrected chi connectivity index (χ0v) is 55.1. The van der Waals surface area contributed by atoms with Crippen LogP contribution in [0, 0.1) is 0 Å². The second-order valence-corrected chi connectivity index (χ2v) is 29.5. The van der Waals surface area contributed by atoms with E-state index >= 15 is 0 Å². The molecule has 4 aromatic heterocycles. The monoisotopic (exact) mass is 1250 g/mol. The van der Waals surface area contributed by atoms with Crippen LogP contribution >= 0.6 is 0 Å². The largest absolute Gasteiger partial charge is 0.454 e. The van der Waals surface area contributed by atoms with Crippen LogP contribution in [0.4, 0.5) is 34.1 Å². The van der Waals surface area contributed by atoms with E-state index in [2.05, 4.69) is 329 Å². The van der Waals surface area contributed by atoms with Crippen molar-refractivity contribution in [1.82, 2.24) is 4.40 Å². The van der Waals surface area contributed by atoms with Crippen LogP contribution < -0.4 is 9.80 Å². The number of anilines is 6. The number of hydrogen-bond donors (Lipinski definition) is 0. The van der Waals surface area contributed by atoms with Crippen molar-refractivity contribution < 1.29 is 8.83 Å². The molecule has 0 fully saturated rings. The van der Waals surface area contributed by atoms with E-state index in [9.17, 15) is 0 Å². The molecule has 4 heterocycles. The Balaban J connectivity index is 0.718. The van der Waals surface area contributed by atoms with Crippen molar-refractivity contribution in [3.63, 3.8) is 0 Å². The first-order valence-corrected chi connectivity index (χ1v) is 34.5. The maximum Gasteiger partial charge on any atom is 0.159 e. The summed E-state index contributed by atoms with van der Waals surface area (Å²) >= 11 is 0. The summed E-state index contributed by atoms with van der Waals surface area (Å²) < 4.78 is 16.8. The first kappa shape index (κ1) is 54.3.